The first-order valence-corrected chi connectivity index (χ1v) is 4.10. The average Bonchev–Trinajstić information content (AvgIpc) is 2.20. The second kappa shape index (κ2) is 5.96. The van der Waals surface area contributed by atoms with Crippen LogP contribution in [0.25, 0.3) is 0 Å². The molecule has 1 N–H and O–H groups in total. The Morgan fingerprint density at radius 2 is 2.00 bits per heavy atom. The molecule has 0 bridgehead atoms. The van der Waals surface area contributed by atoms with Crippen molar-refractivity contribution in [2.75, 3.05) is 0 Å². The first kappa shape index (κ1) is 13.4. The maximum atomic E-state index is 7.66. The molecular formula is C10H9B2N3. The molecule has 0 aliphatic carbocycles. The lowest BCUT2D eigenvalue weighted by molar-refractivity contribution is 1.26. The van der Waals surface area contributed by atoms with Crippen molar-refractivity contribution in [1.82, 2.24) is 4.98 Å². The maximum Gasteiger partial charge on any atom is 0.110 e. The predicted molar refractivity (Wildman–Crippen MR) is 63.8 cm³/mol. The Bertz CT molecular complexity index is 385. The summed E-state index contributed by atoms with van der Waals surface area (Å²) >= 11 is 0. The van der Waals surface area contributed by atoms with Crippen LogP contribution in [0.3, 0.4) is 0 Å². The van der Waals surface area contributed by atoms with E-state index in [2.05, 4.69) is 9.98 Å². The third kappa shape index (κ3) is 2.91. The van der Waals surface area contributed by atoms with Gasteiger partial charge in [0.2, 0.25) is 0 Å². The molecule has 0 saturated heterocycles. The van der Waals surface area contributed by atoms with E-state index in [1.165, 1.54) is 0 Å². The van der Waals surface area contributed by atoms with E-state index >= 15 is 0 Å². The van der Waals surface area contributed by atoms with E-state index in [0.717, 1.165) is 5.69 Å². The first-order valence-electron chi connectivity index (χ1n) is 4.10. The van der Waals surface area contributed by atoms with Crippen LogP contribution >= 0.6 is 0 Å². The minimum absolute atomic E-state index is 0. The maximum absolute atomic E-state index is 7.66. The predicted octanol–water partition coefficient (Wildman–Crippen LogP) is 1.05. The number of hydrogen-bond donors (Lipinski definition) is 1. The molecule has 2 heterocycles. The molecule has 1 aromatic rings. The molecule has 15 heavy (non-hydrogen) atoms. The van der Waals surface area contributed by atoms with Crippen LogP contribution in [0.2, 0.25) is 0 Å². The number of nitrogens with zero attached hydrogens (tertiary/aromatic N) is 2. The van der Waals surface area contributed by atoms with Crippen molar-refractivity contribution in [3.63, 3.8) is 0 Å². The Balaban J connectivity index is 0.000000980. The first-order chi connectivity index (χ1) is 6.38. The van der Waals surface area contributed by atoms with Crippen molar-refractivity contribution in [3.05, 3.63) is 42.4 Å². The zero-order valence-electron chi connectivity index (χ0n) is 8.22. The molecule has 0 fully saturated rings. The molecular weight excluding hydrogens is 184 g/mol. The van der Waals surface area contributed by atoms with Gasteiger partial charge in [0, 0.05) is 35.6 Å². The summed E-state index contributed by atoms with van der Waals surface area (Å²) in [6.45, 7) is 0. The summed E-state index contributed by atoms with van der Waals surface area (Å²) in [4.78, 5) is 8.28. The molecule has 0 amide bonds. The highest BCUT2D eigenvalue weighted by Crippen LogP contribution is 2.06. The molecule has 0 spiro atoms. The van der Waals surface area contributed by atoms with Gasteiger partial charge in [-0.2, -0.15) is 0 Å². The fraction of sp³-hybridized carbons (Fsp3) is 0.100. The van der Waals surface area contributed by atoms with Crippen molar-refractivity contribution in [1.29, 1.82) is 5.41 Å². The van der Waals surface area contributed by atoms with Crippen LogP contribution in [0.4, 0.5) is 0 Å². The largest absolute Gasteiger partial charge is 0.303 e. The number of aliphatic imine (C=N–C) groups is 1. The number of hydrogen-bond acceptors (Lipinski definition) is 3. The number of allylic oxidation sites excluding steroid dienone is 1. The third-order valence-corrected chi connectivity index (χ3v) is 1.82. The number of aromatic nitrogens is 1. The third-order valence-electron chi connectivity index (χ3n) is 1.82. The average molecular weight is 193 g/mol. The van der Waals surface area contributed by atoms with Gasteiger partial charge in [0.05, 0.1) is 11.4 Å². The van der Waals surface area contributed by atoms with Gasteiger partial charge in [-0.3, -0.25) is 9.98 Å². The van der Waals surface area contributed by atoms with Gasteiger partial charge in [-0.1, -0.05) is 12.1 Å². The van der Waals surface area contributed by atoms with E-state index in [9.17, 15) is 0 Å². The Morgan fingerprint density at radius 3 is 2.60 bits per heavy atom. The van der Waals surface area contributed by atoms with Gasteiger partial charge in [0.25, 0.3) is 0 Å². The van der Waals surface area contributed by atoms with E-state index in [0.29, 0.717) is 17.8 Å². The van der Waals surface area contributed by atoms with Gasteiger partial charge >= 0.3 is 0 Å². The van der Waals surface area contributed by atoms with Gasteiger partial charge in [0.15, 0.2) is 0 Å². The van der Waals surface area contributed by atoms with Crippen LogP contribution in [0, 0.1) is 5.41 Å². The quantitative estimate of drug-likeness (QED) is 0.665. The smallest absolute Gasteiger partial charge is 0.110 e. The lowest BCUT2D eigenvalue weighted by Gasteiger charge is -2.07. The van der Waals surface area contributed by atoms with E-state index in [-0.39, 0.29) is 16.8 Å². The summed E-state index contributed by atoms with van der Waals surface area (Å²) in [7, 11) is 0. The molecule has 0 atom stereocenters. The Labute approximate surface area is 93.0 Å². The molecule has 1 aromatic heterocycles. The number of rotatable bonds is 1. The molecule has 1 aliphatic heterocycles. The molecule has 0 saturated carbocycles. The summed E-state index contributed by atoms with van der Waals surface area (Å²) < 4.78 is 0. The van der Waals surface area contributed by atoms with Crippen molar-refractivity contribution < 1.29 is 0 Å². The van der Waals surface area contributed by atoms with Crippen LogP contribution < -0.4 is 0 Å². The fourth-order valence-electron chi connectivity index (χ4n) is 1.20. The van der Waals surface area contributed by atoms with Gasteiger partial charge in [-0.15, -0.1) is 0 Å². The molecule has 3 nitrogen and oxygen atoms in total. The molecule has 0 unspecified atom stereocenters. The summed E-state index contributed by atoms with van der Waals surface area (Å²) in [6.07, 6.45) is 5.95. The van der Waals surface area contributed by atoms with Crippen LogP contribution in [0.5, 0.6) is 0 Å². The lowest BCUT2D eigenvalue weighted by atomic mass is 10.1. The second-order valence-electron chi connectivity index (χ2n) is 2.76. The van der Waals surface area contributed by atoms with Crippen molar-refractivity contribution in [2.24, 2.45) is 4.99 Å². The number of nitrogens with one attached hydrogen (secondary N) is 1. The summed E-state index contributed by atoms with van der Waals surface area (Å²) in [5, 5.41) is 7.66. The summed E-state index contributed by atoms with van der Waals surface area (Å²) in [6, 6.07) is 5.62. The van der Waals surface area contributed by atoms with Gasteiger partial charge in [-0.05, 0) is 12.1 Å². The zero-order valence-corrected chi connectivity index (χ0v) is 8.22. The van der Waals surface area contributed by atoms with Crippen LogP contribution in [0.1, 0.15) is 12.1 Å². The second-order valence-corrected chi connectivity index (χ2v) is 2.76. The van der Waals surface area contributed by atoms with E-state index in [1.807, 2.05) is 24.3 Å². The highest BCUT2D eigenvalue weighted by molar-refractivity contribution is 6.47. The molecule has 6 radical (unpaired) electrons. The van der Waals surface area contributed by atoms with Gasteiger partial charge in [0.1, 0.15) is 5.71 Å². The minimum Gasteiger partial charge on any atom is -0.303 e. The minimum atomic E-state index is 0. The Hall–Kier alpha value is -1.64. The van der Waals surface area contributed by atoms with E-state index in [4.69, 9.17) is 5.41 Å². The molecule has 5 heteroatoms. The topological polar surface area (TPSA) is 49.1 Å². The highest BCUT2D eigenvalue weighted by Gasteiger charge is 2.11. The van der Waals surface area contributed by atoms with E-state index < -0.39 is 0 Å². The highest BCUT2D eigenvalue weighted by atomic mass is 14.8. The molecule has 1 aliphatic rings. The fourth-order valence-corrected chi connectivity index (χ4v) is 1.20. The molecule has 70 valence electrons. The Morgan fingerprint density at radius 1 is 1.20 bits per heavy atom. The molecule has 0 aromatic carbocycles. The SMILES string of the molecule is N=C1CC=CN=C1c1ccccn1.[B].[B]. The van der Waals surface area contributed by atoms with Crippen LogP contribution in [0.15, 0.2) is 41.7 Å². The monoisotopic (exact) mass is 193 g/mol. The van der Waals surface area contributed by atoms with Crippen molar-refractivity contribution in [2.45, 2.75) is 6.42 Å². The van der Waals surface area contributed by atoms with Crippen molar-refractivity contribution >= 4 is 28.2 Å². The lowest BCUT2D eigenvalue weighted by Crippen LogP contribution is -2.16. The summed E-state index contributed by atoms with van der Waals surface area (Å²) in [5.74, 6) is 0. The number of pyridine rings is 1. The van der Waals surface area contributed by atoms with E-state index in [1.54, 1.807) is 12.4 Å². The van der Waals surface area contributed by atoms with Crippen LogP contribution in [-0.2, 0) is 0 Å². The Kier molecular flexibility index (Phi) is 5.31. The summed E-state index contributed by atoms with van der Waals surface area (Å²) in [5.41, 5.74) is 1.99. The van der Waals surface area contributed by atoms with Crippen LogP contribution in [-0.4, -0.2) is 33.2 Å². The van der Waals surface area contributed by atoms with Crippen molar-refractivity contribution in [3.8, 4) is 0 Å². The van der Waals surface area contributed by atoms with Gasteiger partial charge < -0.3 is 5.41 Å². The standard InChI is InChI=1S/C10H9N3.2B/c11-8-4-3-7-13-10(8)9-5-1-2-6-12-9;;/h1-3,5-7,11H,4H2;;. The van der Waals surface area contributed by atoms with Gasteiger partial charge in [-0.25, -0.2) is 0 Å². The zero-order chi connectivity index (χ0) is 9.10. The molecule has 2 rings (SSSR count). The normalized spacial score (nSPS) is 13.6.